The van der Waals surface area contributed by atoms with Gasteiger partial charge in [0.05, 0.1) is 0 Å². The average molecular weight is 369 g/mol. The quantitative estimate of drug-likeness (QED) is 0.480. The molecule has 3 aliphatic rings. The predicted molar refractivity (Wildman–Crippen MR) is 121 cm³/mol. The van der Waals surface area contributed by atoms with Gasteiger partial charge in [-0.25, -0.2) is 0 Å². The Balaban J connectivity index is 2.01. The third-order valence-electron chi connectivity index (χ3n) is 7.35. The zero-order valence-electron chi connectivity index (χ0n) is 17.3. The Kier molecular flexibility index (Phi) is 3.43. The molecule has 0 saturated heterocycles. The van der Waals surface area contributed by atoms with Gasteiger partial charge in [-0.1, -0.05) is 76.2 Å². The van der Waals surface area contributed by atoms with Crippen LogP contribution in [0.2, 0.25) is 11.1 Å². The lowest BCUT2D eigenvalue weighted by Gasteiger charge is -2.40. The highest BCUT2D eigenvalue weighted by molar-refractivity contribution is 7.03. The Morgan fingerprint density at radius 1 is 0.556 bits per heavy atom. The van der Waals surface area contributed by atoms with Crippen molar-refractivity contribution in [3.05, 3.63) is 81.2 Å². The molecule has 0 radical (unpaired) electrons. The second kappa shape index (κ2) is 5.45. The van der Waals surface area contributed by atoms with E-state index >= 15 is 0 Å². The normalized spacial score (nSPS) is 19.3. The predicted octanol–water partition coefficient (Wildman–Crippen LogP) is 7.53. The van der Waals surface area contributed by atoms with Gasteiger partial charge in [-0.15, -0.1) is 0 Å². The molecule has 0 aromatic heterocycles. The van der Waals surface area contributed by atoms with Gasteiger partial charge in [0, 0.05) is 0 Å². The van der Waals surface area contributed by atoms with Crippen molar-refractivity contribution in [3.8, 4) is 0 Å². The molecule has 1 heterocycles. The van der Waals surface area contributed by atoms with Crippen LogP contribution >= 0.6 is 0 Å². The maximum absolute atomic E-state index is 2.49. The van der Waals surface area contributed by atoms with Gasteiger partial charge in [0.2, 0.25) is 0 Å². The molecule has 27 heavy (non-hydrogen) atoms. The van der Waals surface area contributed by atoms with Crippen molar-refractivity contribution in [2.75, 3.05) is 0 Å². The molecule has 0 amide bonds. The van der Waals surface area contributed by atoms with Gasteiger partial charge in [0.25, 0.3) is 0 Å². The van der Waals surface area contributed by atoms with Crippen molar-refractivity contribution in [2.24, 2.45) is 0 Å². The van der Waals surface area contributed by atoms with Gasteiger partial charge in [0.15, 0.2) is 0 Å². The third kappa shape index (κ3) is 1.79. The number of fused-ring (bicyclic) bond motifs is 6. The molecule has 2 aromatic rings. The molecule has 1 heteroatoms. The fourth-order valence-electron chi connectivity index (χ4n) is 6.47. The molecule has 2 aliphatic carbocycles. The summed E-state index contributed by atoms with van der Waals surface area (Å²) >= 11 is 0. The fourth-order valence-corrected chi connectivity index (χ4v) is 13.2. The van der Waals surface area contributed by atoms with E-state index in [0.717, 1.165) is 0 Å². The number of allylic oxidation sites excluding steroid dienone is 6. The van der Waals surface area contributed by atoms with E-state index in [0.29, 0.717) is 11.1 Å². The van der Waals surface area contributed by atoms with Gasteiger partial charge in [-0.05, 0) is 79.9 Å². The van der Waals surface area contributed by atoms with Crippen LogP contribution in [-0.2, 0) is 0 Å². The number of rotatable bonds is 2. The van der Waals surface area contributed by atoms with E-state index in [1.165, 1.54) is 22.3 Å². The first-order valence-corrected chi connectivity index (χ1v) is 12.4. The Morgan fingerprint density at radius 2 is 0.889 bits per heavy atom. The zero-order valence-corrected chi connectivity index (χ0v) is 18.3. The molecule has 2 aromatic carbocycles. The Bertz CT molecular complexity index is 1000. The summed E-state index contributed by atoms with van der Waals surface area (Å²) in [5.74, 6) is 0. The summed E-state index contributed by atoms with van der Waals surface area (Å²) in [6.07, 6.45) is 0. The molecule has 0 nitrogen and oxygen atoms in total. The first-order chi connectivity index (χ1) is 12.9. The van der Waals surface area contributed by atoms with E-state index in [1.807, 2.05) is 0 Å². The van der Waals surface area contributed by atoms with Crippen LogP contribution in [0.3, 0.4) is 0 Å². The number of benzene rings is 2. The van der Waals surface area contributed by atoms with Gasteiger partial charge in [-0.3, -0.25) is 0 Å². The minimum atomic E-state index is -1.88. The maximum atomic E-state index is 2.49. The molecule has 5 rings (SSSR count). The molecule has 0 N–H and O–H groups in total. The van der Waals surface area contributed by atoms with Crippen LogP contribution < -0.4 is 0 Å². The van der Waals surface area contributed by atoms with Crippen molar-refractivity contribution in [3.63, 3.8) is 0 Å². The average Bonchev–Trinajstić information content (AvgIpc) is 3.23. The summed E-state index contributed by atoms with van der Waals surface area (Å²) in [7, 11) is -1.88. The molecule has 0 bridgehead atoms. The van der Waals surface area contributed by atoms with Crippen LogP contribution in [0.5, 0.6) is 0 Å². The molecule has 136 valence electrons. The summed E-state index contributed by atoms with van der Waals surface area (Å²) in [5.41, 5.74) is 13.5. The van der Waals surface area contributed by atoms with E-state index in [2.05, 4.69) is 90.1 Å². The zero-order chi connectivity index (χ0) is 19.1. The molecule has 0 saturated carbocycles. The lowest BCUT2D eigenvalue weighted by Crippen LogP contribution is -2.44. The number of hydrogen-bond donors (Lipinski definition) is 0. The Labute approximate surface area is 164 Å². The Morgan fingerprint density at radius 3 is 1.22 bits per heavy atom. The lowest BCUT2D eigenvalue weighted by atomic mass is 9.97. The van der Waals surface area contributed by atoms with Crippen LogP contribution in [-0.4, -0.2) is 8.07 Å². The summed E-state index contributed by atoms with van der Waals surface area (Å²) in [6.45, 7) is 14.7. The number of hydrogen-bond acceptors (Lipinski definition) is 0. The van der Waals surface area contributed by atoms with Gasteiger partial charge in [-0.2, -0.15) is 0 Å². The maximum Gasteiger partial charge on any atom is 0.125 e. The van der Waals surface area contributed by atoms with E-state index in [4.69, 9.17) is 0 Å². The molecular formula is C26H28Si. The second-order valence-electron chi connectivity index (χ2n) is 9.02. The van der Waals surface area contributed by atoms with Crippen molar-refractivity contribution < 1.29 is 0 Å². The van der Waals surface area contributed by atoms with E-state index in [9.17, 15) is 0 Å². The SMILES string of the molecule is CC1=C2C(=C3C(=C(C)c4ccccc43)[Si]2(C(C)C)C(C)C)c2ccccc21. The van der Waals surface area contributed by atoms with Crippen LogP contribution in [0.4, 0.5) is 0 Å². The largest absolute Gasteiger partial charge is 0.125 e. The van der Waals surface area contributed by atoms with Crippen LogP contribution in [0.15, 0.2) is 58.9 Å². The topological polar surface area (TPSA) is 0 Å². The third-order valence-corrected chi connectivity index (χ3v) is 13.9. The van der Waals surface area contributed by atoms with Gasteiger partial charge < -0.3 is 0 Å². The molecule has 1 aliphatic heterocycles. The van der Waals surface area contributed by atoms with Gasteiger partial charge >= 0.3 is 0 Å². The van der Waals surface area contributed by atoms with Crippen molar-refractivity contribution in [1.82, 2.24) is 0 Å². The standard InChI is InChI=1S/C26H28Si/c1-15(2)27(16(3)4)25-17(5)19-11-7-9-13-21(19)23(25)24-22-14-10-8-12-20(22)18(6)26(24)27/h7-16H,1-6H3. The highest BCUT2D eigenvalue weighted by atomic mass is 28.3. The summed E-state index contributed by atoms with van der Waals surface area (Å²) < 4.78 is 0. The van der Waals surface area contributed by atoms with Crippen LogP contribution in [0.1, 0.15) is 63.8 Å². The first kappa shape index (κ1) is 17.0. The van der Waals surface area contributed by atoms with Crippen LogP contribution in [0, 0.1) is 0 Å². The van der Waals surface area contributed by atoms with E-state index < -0.39 is 8.07 Å². The second-order valence-corrected chi connectivity index (χ2v) is 14.1. The minimum Gasteiger partial charge on any atom is -0.0645 e. The summed E-state index contributed by atoms with van der Waals surface area (Å²) in [4.78, 5) is 0. The lowest BCUT2D eigenvalue weighted by molar-refractivity contribution is 0.919. The highest BCUT2D eigenvalue weighted by Gasteiger charge is 2.58. The van der Waals surface area contributed by atoms with E-state index in [1.54, 1.807) is 32.7 Å². The molecule has 0 unspecified atom stereocenters. The molecule has 0 atom stereocenters. The summed E-state index contributed by atoms with van der Waals surface area (Å²) in [6, 6.07) is 18.2. The molecular weight excluding hydrogens is 340 g/mol. The molecule has 0 spiro atoms. The Hall–Kier alpha value is -2.12. The minimum absolute atomic E-state index is 0.684. The first-order valence-electron chi connectivity index (χ1n) is 10.3. The monoisotopic (exact) mass is 368 g/mol. The van der Waals surface area contributed by atoms with E-state index in [-0.39, 0.29) is 0 Å². The highest BCUT2D eigenvalue weighted by Crippen LogP contribution is 2.67. The van der Waals surface area contributed by atoms with Crippen molar-refractivity contribution >= 4 is 30.4 Å². The fraction of sp³-hybridized carbons (Fsp3) is 0.308. The molecule has 0 fully saturated rings. The van der Waals surface area contributed by atoms with Crippen molar-refractivity contribution in [1.29, 1.82) is 0 Å². The van der Waals surface area contributed by atoms with Gasteiger partial charge in [0.1, 0.15) is 8.07 Å². The van der Waals surface area contributed by atoms with Crippen LogP contribution in [0.25, 0.3) is 22.3 Å². The van der Waals surface area contributed by atoms with Crippen molar-refractivity contribution in [2.45, 2.75) is 52.6 Å². The smallest absolute Gasteiger partial charge is 0.0645 e. The summed E-state index contributed by atoms with van der Waals surface area (Å²) in [5, 5.41) is 3.49.